The normalized spacial score (nSPS) is 18.0. The quantitative estimate of drug-likeness (QED) is 0.776. The van der Waals surface area contributed by atoms with Crippen molar-refractivity contribution in [3.63, 3.8) is 0 Å². The van der Waals surface area contributed by atoms with Gasteiger partial charge in [0.25, 0.3) is 0 Å². The molecule has 1 aliphatic heterocycles. The van der Waals surface area contributed by atoms with Crippen LogP contribution in [0.2, 0.25) is 0 Å². The number of ether oxygens (including phenoxy) is 1. The first-order chi connectivity index (χ1) is 10.2. The summed E-state index contributed by atoms with van der Waals surface area (Å²) in [4.78, 5) is 22.4. The Kier molecular flexibility index (Phi) is 5.32. The van der Waals surface area contributed by atoms with Gasteiger partial charge in [0.15, 0.2) is 5.82 Å². The van der Waals surface area contributed by atoms with Crippen LogP contribution < -0.4 is 16.0 Å². The van der Waals surface area contributed by atoms with Crippen molar-refractivity contribution in [1.82, 2.24) is 9.97 Å². The van der Waals surface area contributed by atoms with Gasteiger partial charge in [-0.15, -0.1) is 0 Å². The van der Waals surface area contributed by atoms with Crippen LogP contribution in [0.3, 0.4) is 0 Å². The van der Waals surface area contributed by atoms with Crippen molar-refractivity contribution >= 4 is 17.5 Å². The van der Waals surface area contributed by atoms with E-state index in [1.165, 1.54) is 0 Å². The summed E-state index contributed by atoms with van der Waals surface area (Å²) in [7, 11) is 0. The number of nitrogens with zero attached hydrogens (tertiary/aromatic N) is 3. The molecule has 0 bridgehead atoms. The average Bonchev–Trinajstić information content (AvgIpc) is 2.95. The zero-order chi connectivity index (χ0) is 15.2. The number of carbonyl (C=O) groups is 1. The number of hydrogen-bond acceptors (Lipinski definition) is 6. The Morgan fingerprint density at radius 3 is 3.00 bits per heavy atom. The van der Waals surface area contributed by atoms with Crippen molar-refractivity contribution in [2.75, 3.05) is 29.9 Å². The molecule has 2 rings (SSSR count). The maximum Gasteiger partial charge on any atom is 0.240 e. The number of primary amides is 1. The number of hydrogen-bond donors (Lipinski definition) is 2. The van der Waals surface area contributed by atoms with E-state index in [4.69, 9.17) is 10.5 Å². The Morgan fingerprint density at radius 2 is 2.33 bits per heavy atom. The Labute approximate surface area is 124 Å². The fourth-order valence-electron chi connectivity index (χ4n) is 2.50. The molecular weight excluding hydrogens is 270 g/mol. The standard InChI is InChI=1S/C14H23N5O2/c1-3-16-11-8-13(18-12(17-11)9-21-4-2)19-7-5-6-10(19)14(15)20/h8,10H,3-7,9H2,1-2H3,(H2,15,20)(H,16,17,18). The van der Waals surface area contributed by atoms with Crippen molar-refractivity contribution in [3.8, 4) is 0 Å². The van der Waals surface area contributed by atoms with Gasteiger partial charge in [-0.25, -0.2) is 9.97 Å². The highest BCUT2D eigenvalue weighted by atomic mass is 16.5. The summed E-state index contributed by atoms with van der Waals surface area (Å²) < 4.78 is 5.38. The molecule has 1 aromatic heterocycles. The van der Waals surface area contributed by atoms with Gasteiger partial charge >= 0.3 is 0 Å². The molecule has 1 atom stereocenters. The maximum atomic E-state index is 11.5. The highest BCUT2D eigenvalue weighted by Crippen LogP contribution is 2.25. The largest absolute Gasteiger partial charge is 0.374 e. The van der Waals surface area contributed by atoms with Crippen LogP contribution in [0, 0.1) is 0 Å². The van der Waals surface area contributed by atoms with Crippen molar-refractivity contribution in [3.05, 3.63) is 11.9 Å². The van der Waals surface area contributed by atoms with Gasteiger partial charge in [-0.3, -0.25) is 4.79 Å². The molecule has 1 aromatic rings. The van der Waals surface area contributed by atoms with Gasteiger partial charge < -0.3 is 20.7 Å². The first-order valence-electron chi connectivity index (χ1n) is 7.41. The molecule has 7 heteroatoms. The first kappa shape index (κ1) is 15.5. The number of aromatic nitrogens is 2. The average molecular weight is 293 g/mol. The van der Waals surface area contributed by atoms with Gasteiger partial charge in [0, 0.05) is 25.8 Å². The number of rotatable bonds is 7. The third-order valence-corrected chi connectivity index (χ3v) is 3.43. The van der Waals surface area contributed by atoms with Crippen LogP contribution in [0.25, 0.3) is 0 Å². The number of nitrogens with two attached hydrogens (primary N) is 1. The summed E-state index contributed by atoms with van der Waals surface area (Å²) in [5.41, 5.74) is 5.48. The van der Waals surface area contributed by atoms with Crippen LogP contribution in [-0.4, -0.2) is 41.6 Å². The molecule has 0 aliphatic carbocycles. The number of nitrogens with one attached hydrogen (secondary N) is 1. The lowest BCUT2D eigenvalue weighted by molar-refractivity contribution is -0.119. The Balaban J connectivity index is 2.27. The number of amides is 1. The van der Waals surface area contributed by atoms with Crippen LogP contribution in [0.5, 0.6) is 0 Å². The van der Waals surface area contributed by atoms with Gasteiger partial charge in [0.2, 0.25) is 5.91 Å². The van der Waals surface area contributed by atoms with E-state index in [1.807, 2.05) is 24.8 Å². The number of carbonyl (C=O) groups excluding carboxylic acids is 1. The molecule has 1 unspecified atom stereocenters. The van der Waals surface area contributed by atoms with Crippen molar-refractivity contribution in [1.29, 1.82) is 0 Å². The van der Waals surface area contributed by atoms with E-state index in [2.05, 4.69) is 15.3 Å². The molecule has 0 radical (unpaired) electrons. The number of anilines is 2. The van der Waals surface area contributed by atoms with Gasteiger partial charge in [0.05, 0.1) is 0 Å². The van der Waals surface area contributed by atoms with E-state index >= 15 is 0 Å². The van der Waals surface area contributed by atoms with E-state index in [9.17, 15) is 4.79 Å². The summed E-state index contributed by atoms with van der Waals surface area (Å²) in [6.07, 6.45) is 1.71. The molecule has 3 N–H and O–H groups in total. The second-order valence-electron chi connectivity index (χ2n) is 4.95. The lowest BCUT2D eigenvalue weighted by atomic mass is 10.2. The molecule has 0 aromatic carbocycles. The summed E-state index contributed by atoms with van der Waals surface area (Å²) in [6, 6.07) is 1.58. The van der Waals surface area contributed by atoms with Crippen LogP contribution in [0.1, 0.15) is 32.5 Å². The van der Waals surface area contributed by atoms with Crippen LogP contribution in [0.15, 0.2) is 6.07 Å². The minimum atomic E-state index is -0.303. The van der Waals surface area contributed by atoms with E-state index in [-0.39, 0.29) is 11.9 Å². The van der Waals surface area contributed by atoms with E-state index in [0.29, 0.717) is 19.0 Å². The summed E-state index contributed by atoms with van der Waals surface area (Å²) in [5, 5.41) is 3.18. The Bertz CT molecular complexity index is 494. The fraction of sp³-hybridized carbons (Fsp3) is 0.643. The fourth-order valence-corrected chi connectivity index (χ4v) is 2.50. The molecule has 7 nitrogen and oxygen atoms in total. The second-order valence-corrected chi connectivity index (χ2v) is 4.95. The van der Waals surface area contributed by atoms with Gasteiger partial charge in [0.1, 0.15) is 24.3 Å². The van der Waals surface area contributed by atoms with Crippen molar-refractivity contribution < 1.29 is 9.53 Å². The minimum absolute atomic E-state index is 0.283. The van der Waals surface area contributed by atoms with E-state index < -0.39 is 0 Å². The molecule has 1 aliphatic rings. The molecule has 1 amide bonds. The third kappa shape index (κ3) is 3.81. The summed E-state index contributed by atoms with van der Waals surface area (Å²) in [6.45, 7) is 6.45. The predicted molar refractivity (Wildman–Crippen MR) is 81.1 cm³/mol. The summed E-state index contributed by atoms with van der Waals surface area (Å²) in [5.74, 6) is 1.78. The van der Waals surface area contributed by atoms with Crippen LogP contribution in [0.4, 0.5) is 11.6 Å². The van der Waals surface area contributed by atoms with Crippen LogP contribution >= 0.6 is 0 Å². The maximum absolute atomic E-state index is 11.5. The molecule has 1 saturated heterocycles. The highest BCUT2D eigenvalue weighted by molar-refractivity contribution is 5.84. The smallest absolute Gasteiger partial charge is 0.240 e. The molecule has 0 spiro atoms. The zero-order valence-electron chi connectivity index (χ0n) is 12.6. The monoisotopic (exact) mass is 293 g/mol. The SMILES string of the molecule is CCNc1cc(N2CCCC2C(N)=O)nc(COCC)n1. The minimum Gasteiger partial charge on any atom is -0.374 e. The molecule has 21 heavy (non-hydrogen) atoms. The van der Waals surface area contributed by atoms with Crippen LogP contribution in [-0.2, 0) is 16.1 Å². The van der Waals surface area contributed by atoms with E-state index in [1.54, 1.807) is 0 Å². The zero-order valence-corrected chi connectivity index (χ0v) is 12.6. The Morgan fingerprint density at radius 1 is 1.52 bits per heavy atom. The van der Waals surface area contributed by atoms with Gasteiger partial charge in [-0.1, -0.05) is 0 Å². The molecule has 116 valence electrons. The van der Waals surface area contributed by atoms with Gasteiger partial charge in [-0.05, 0) is 26.7 Å². The van der Waals surface area contributed by atoms with Crippen molar-refractivity contribution in [2.24, 2.45) is 5.73 Å². The van der Waals surface area contributed by atoms with Crippen molar-refractivity contribution in [2.45, 2.75) is 39.3 Å². The van der Waals surface area contributed by atoms with E-state index in [0.717, 1.165) is 37.6 Å². The van der Waals surface area contributed by atoms with Gasteiger partial charge in [-0.2, -0.15) is 0 Å². The molecule has 0 saturated carbocycles. The molecular formula is C14H23N5O2. The lowest BCUT2D eigenvalue weighted by Gasteiger charge is -2.24. The lowest BCUT2D eigenvalue weighted by Crippen LogP contribution is -2.40. The highest BCUT2D eigenvalue weighted by Gasteiger charge is 2.30. The molecule has 1 fully saturated rings. The predicted octanol–water partition coefficient (Wildman–Crippen LogP) is 0.899. The summed E-state index contributed by atoms with van der Waals surface area (Å²) >= 11 is 0. The molecule has 2 heterocycles. The topological polar surface area (TPSA) is 93.4 Å². The second kappa shape index (κ2) is 7.21. The third-order valence-electron chi connectivity index (χ3n) is 3.43. The first-order valence-corrected chi connectivity index (χ1v) is 7.41. The Hall–Kier alpha value is -1.89.